The Morgan fingerprint density at radius 2 is 2.23 bits per heavy atom. The lowest BCUT2D eigenvalue weighted by Gasteiger charge is -2.13. The zero-order valence-electron chi connectivity index (χ0n) is 8.72. The number of nitrogens with one attached hydrogen (secondary N) is 2. The molecule has 0 aliphatic heterocycles. The predicted octanol–water partition coefficient (Wildman–Crippen LogP) is 1.84. The van der Waals surface area contributed by atoms with E-state index in [-0.39, 0.29) is 12.1 Å². The molecule has 0 heterocycles. The van der Waals surface area contributed by atoms with E-state index in [4.69, 9.17) is 0 Å². The van der Waals surface area contributed by atoms with Crippen LogP contribution in [0.15, 0.2) is 0 Å². The fourth-order valence-corrected chi connectivity index (χ4v) is 1.47. The van der Waals surface area contributed by atoms with E-state index in [1.54, 1.807) is 11.8 Å². The van der Waals surface area contributed by atoms with E-state index in [2.05, 4.69) is 16.9 Å². The van der Waals surface area contributed by atoms with E-state index in [9.17, 15) is 4.79 Å². The molecule has 2 N–H and O–H groups in total. The molecule has 78 valence electrons. The van der Waals surface area contributed by atoms with Crippen molar-refractivity contribution in [3.8, 4) is 0 Å². The second-order valence-electron chi connectivity index (χ2n) is 3.08. The van der Waals surface area contributed by atoms with Gasteiger partial charge in [-0.25, -0.2) is 4.79 Å². The van der Waals surface area contributed by atoms with Crippen LogP contribution in [0.4, 0.5) is 4.79 Å². The van der Waals surface area contributed by atoms with Crippen molar-refractivity contribution in [2.75, 3.05) is 18.6 Å². The molecule has 0 aromatic rings. The first kappa shape index (κ1) is 12.6. The highest BCUT2D eigenvalue weighted by Crippen LogP contribution is 1.99. The first-order valence-electron chi connectivity index (χ1n) is 4.74. The Labute approximate surface area is 85.0 Å². The second-order valence-corrected chi connectivity index (χ2v) is 4.07. The van der Waals surface area contributed by atoms with E-state index < -0.39 is 0 Å². The smallest absolute Gasteiger partial charge is 0.314 e. The van der Waals surface area contributed by atoms with E-state index in [0.717, 1.165) is 25.1 Å². The van der Waals surface area contributed by atoms with Crippen LogP contribution in [0.25, 0.3) is 0 Å². The van der Waals surface area contributed by atoms with Crippen LogP contribution in [-0.4, -0.2) is 30.6 Å². The van der Waals surface area contributed by atoms with Gasteiger partial charge in [-0.15, -0.1) is 0 Å². The lowest BCUT2D eigenvalue weighted by Crippen LogP contribution is -2.41. The molecule has 0 aromatic carbocycles. The summed E-state index contributed by atoms with van der Waals surface area (Å²) in [5, 5.41) is 5.67. The van der Waals surface area contributed by atoms with Crippen molar-refractivity contribution in [3.63, 3.8) is 0 Å². The van der Waals surface area contributed by atoms with Crippen molar-refractivity contribution in [2.24, 2.45) is 0 Å². The molecule has 0 saturated carbocycles. The van der Waals surface area contributed by atoms with E-state index >= 15 is 0 Å². The van der Waals surface area contributed by atoms with Crippen LogP contribution in [0.3, 0.4) is 0 Å². The Balaban J connectivity index is 3.41. The number of amides is 2. The maximum atomic E-state index is 11.1. The Morgan fingerprint density at radius 1 is 1.54 bits per heavy atom. The van der Waals surface area contributed by atoms with E-state index in [1.165, 1.54) is 0 Å². The molecule has 1 atom stereocenters. The summed E-state index contributed by atoms with van der Waals surface area (Å²) in [7, 11) is 0. The minimum absolute atomic E-state index is 0.0459. The van der Waals surface area contributed by atoms with Gasteiger partial charge < -0.3 is 10.6 Å². The lowest BCUT2D eigenvalue weighted by molar-refractivity contribution is 0.237. The van der Waals surface area contributed by atoms with Crippen molar-refractivity contribution >= 4 is 17.8 Å². The molecule has 13 heavy (non-hydrogen) atoms. The average Bonchev–Trinajstić information content (AvgIpc) is 2.11. The summed E-state index contributed by atoms with van der Waals surface area (Å²) >= 11 is 1.80. The number of carbonyl (C=O) groups excluding carboxylic acids is 1. The fourth-order valence-electron chi connectivity index (χ4n) is 0.880. The molecular weight excluding hydrogens is 184 g/mol. The molecule has 1 unspecified atom stereocenters. The molecule has 0 radical (unpaired) electrons. The van der Waals surface area contributed by atoms with Crippen molar-refractivity contribution in [1.29, 1.82) is 0 Å². The molecule has 0 aliphatic rings. The van der Waals surface area contributed by atoms with E-state index in [1.807, 2.05) is 13.8 Å². The van der Waals surface area contributed by atoms with Gasteiger partial charge in [0, 0.05) is 12.6 Å². The van der Waals surface area contributed by atoms with Crippen LogP contribution < -0.4 is 10.6 Å². The molecule has 0 bridgehead atoms. The molecule has 0 fully saturated rings. The molecule has 3 nitrogen and oxygen atoms in total. The van der Waals surface area contributed by atoms with Gasteiger partial charge in [-0.2, -0.15) is 11.8 Å². The predicted molar refractivity (Wildman–Crippen MR) is 59.3 cm³/mol. The number of thioether (sulfide) groups is 1. The summed E-state index contributed by atoms with van der Waals surface area (Å²) in [4.78, 5) is 11.1. The molecule has 0 rings (SSSR count). The molecule has 2 amide bonds. The highest BCUT2D eigenvalue weighted by atomic mass is 32.2. The van der Waals surface area contributed by atoms with Crippen molar-refractivity contribution < 1.29 is 4.79 Å². The first-order valence-corrected chi connectivity index (χ1v) is 6.13. The maximum absolute atomic E-state index is 11.1. The Morgan fingerprint density at radius 3 is 2.77 bits per heavy atom. The van der Waals surface area contributed by atoms with Crippen LogP contribution in [0.5, 0.6) is 0 Å². The summed E-state index contributed by atoms with van der Waals surface area (Å²) in [6, 6.07) is 0.222. The molecule has 0 saturated heterocycles. The van der Waals surface area contributed by atoms with Gasteiger partial charge in [-0.1, -0.05) is 6.92 Å². The van der Waals surface area contributed by atoms with Crippen LogP contribution in [0.1, 0.15) is 26.7 Å². The Bertz CT molecular complexity index is 142. The Hall–Kier alpha value is -0.380. The van der Waals surface area contributed by atoms with Gasteiger partial charge in [0.2, 0.25) is 0 Å². The van der Waals surface area contributed by atoms with Gasteiger partial charge in [-0.3, -0.25) is 0 Å². The summed E-state index contributed by atoms with van der Waals surface area (Å²) in [6.45, 7) is 4.82. The molecule has 4 heteroatoms. The molecular formula is C9H20N2OS. The zero-order valence-corrected chi connectivity index (χ0v) is 9.54. The van der Waals surface area contributed by atoms with Gasteiger partial charge in [0.25, 0.3) is 0 Å². The monoisotopic (exact) mass is 204 g/mol. The third-order valence-corrected chi connectivity index (χ3v) is 2.31. The third kappa shape index (κ3) is 7.96. The topological polar surface area (TPSA) is 41.1 Å². The van der Waals surface area contributed by atoms with Gasteiger partial charge in [0.1, 0.15) is 0 Å². The van der Waals surface area contributed by atoms with Gasteiger partial charge in [0.15, 0.2) is 0 Å². The number of carbonyl (C=O) groups is 1. The standard InChI is InChI=1S/C9H20N2OS/c1-4-6-10-9(12)11-8(2)5-7-13-3/h8H,4-7H2,1-3H3,(H2,10,11,12). The number of rotatable bonds is 6. The first-order chi connectivity index (χ1) is 6.20. The van der Waals surface area contributed by atoms with Gasteiger partial charge in [-0.05, 0) is 31.8 Å². The highest BCUT2D eigenvalue weighted by Gasteiger charge is 2.04. The largest absolute Gasteiger partial charge is 0.338 e. The van der Waals surface area contributed by atoms with Crippen LogP contribution in [-0.2, 0) is 0 Å². The van der Waals surface area contributed by atoms with Crippen molar-refractivity contribution in [3.05, 3.63) is 0 Å². The van der Waals surface area contributed by atoms with E-state index in [0.29, 0.717) is 0 Å². The van der Waals surface area contributed by atoms with Crippen LogP contribution in [0, 0.1) is 0 Å². The molecule has 0 aliphatic carbocycles. The summed E-state index contributed by atoms with van der Waals surface area (Å²) in [5.74, 6) is 1.09. The second kappa shape index (κ2) is 8.23. The minimum Gasteiger partial charge on any atom is -0.338 e. The highest BCUT2D eigenvalue weighted by molar-refractivity contribution is 7.98. The lowest BCUT2D eigenvalue weighted by atomic mass is 10.3. The maximum Gasteiger partial charge on any atom is 0.314 e. The van der Waals surface area contributed by atoms with Gasteiger partial charge >= 0.3 is 6.03 Å². The molecule has 0 aromatic heterocycles. The fraction of sp³-hybridized carbons (Fsp3) is 0.889. The van der Waals surface area contributed by atoms with Crippen molar-refractivity contribution in [1.82, 2.24) is 10.6 Å². The summed E-state index contributed by atoms with van der Waals surface area (Å²) in [5.41, 5.74) is 0. The van der Waals surface area contributed by atoms with Crippen molar-refractivity contribution in [2.45, 2.75) is 32.7 Å². The minimum atomic E-state index is -0.0459. The summed E-state index contributed by atoms with van der Waals surface area (Å²) in [6.07, 6.45) is 4.08. The van der Waals surface area contributed by atoms with Gasteiger partial charge in [0.05, 0.1) is 0 Å². The number of hydrogen-bond acceptors (Lipinski definition) is 2. The summed E-state index contributed by atoms with van der Waals surface area (Å²) < 4.78 is 0. The SMILES string of the molecule is CCCNC(=O)NC(C)CCSC. The molecule has 0 spiro atoms. The number of hydrogen-bond donors (Lipinski definition) is 2. The Kier molecular flexibility index (Phi) is 7.99. The van der Waals surface area contributed by atoms with Crippen LogP contribution in [0.2, 0.25) is 0 Å². The third-order valence-electron chi connectivity index (χ3n) is 1.67. The normalized spacial score (nSPS) is 12.2. The quantitative estimate of drug-likeness (QED) is 0.693. The zero-order chi connectivity index (χ0) is 10.1. The number of urea groups is 1. The van der Waals surface area contributed by atoms with Crippen LogP contribution >= 0.6 is 11.8 Å². The average molecular weight is 204 g/mol.